The van der Waals surface area contributed by atoms with Gasteiger partial charge in [-0.15, -0.1) is 0 Å². The Morgan fingerprint density at radius 2 is 0.754 bits per heavy atom. The summed E-state index contributed by atoms with van der Waals surface area (Å²) in [5, 5.41) is 16.2. The summed E-state index contributed by atoms with van der Waals surface area (Å²) in [6.45, 7) is 5.85. The lowest BCUT2D eigenvalue weighted by Gasteiger charge is -2.20. The molecule has 0 aromatic heterocycles. The predicted molar refractivity (Wildman–Crippen MR) is 246 cm³/mol. The van der Waals surface area contributed by atoms with Crippen molar-refractivity contribution in [2.45, 2.75) is 12.1 Å². The Bertz CT molecular complexity index is 1990. The molecule has 0 saturated heterocycles. The van der Waals surface area contributed by atoms with Crippen LogP contribution in [0.5, 0.6) is 0 Å². The van der Waals surface area contributed by atoms with E-state index in [2.05, 4.69) is 10.6 Å². The highest BCUT2D eigenvalue weighted by atomic mass is 16.6. The Morgan fingerprint density at radius 1 is 0.415 bits per heavy atom. The van der Waals surface area contributed by atoms with Crippen molar-refractivity contribution in [2.24, 2.45) is 0 Å². The van der Waals surface area contributed by atoms with E-state index in [0.29, 0.717) is 102 Å². The van der Waals surface area contributed by atoms with Crippen LogP contribution in [-0.2, 0) is 37.9 Å². The summed E-state index contributed by atoms with van der Waals surface area (Å²) in [5.41, 5.74) is 5.50. The summed E-state index contributed by atoms with van der Waals surface area (Å²) in [5.74, 6) is -1.65. The van der Waals surface area contributed by atoms with Gasteiger partial charge < -0.3 is 53.6 Å². The number of hydrogen-bond acceptors (Lipinski definition) is 11. The van der Waals surface area contributed by atoms with Crippen molar-refractivity contribution in [2.75, 3.05) is 107 Å². The molecule has 5 aromatic rings. The van der Waals surface area contributed by atoms with E-state index < -0.39 is 18.1 Å². The van der Waals surface area contributed by atoms with Gasteiger partial charge in [-0.3, -0.25) is 9.59 Å². The molecule has 0 aliphatic carbocycles. The number of ether oxygens (including phenoxy) is 8. The molecule has 0 heterocycles. The van der Waals surface area contributed by atoms with E-state index in [-0.39, 0.29) is 30.6 Å². The highest BCUT2D eigenvalue weighted by molar-refractivity contribution is 5.97. The lowest BCUT2D eigenvalue weighted by molar-refractivity contribution is 0.000804. The largest absolute Gasteiger partial charge is 0.478 e. The van der Waals surface area contributed by atoms with Crippen LogP contribution in [0.3, 0.4) is 0 Å². The summed E-state index contributed by atoms with van der Waals surface area (Å²) in [4.78, 5) is 39.4. The van der Waals surface area contributed by atoms with E-state index in [9.17, 15) is 19.5 Å². The summed E-state index contributed by atoms with van der Waals surface area (Å²) < 4.78 is 43.7. The molecule has 0 bridgehead atoms. The van der Waals surface area contributed by atoms with Crippen molar-refractivity contribution in [1.82, 2.24) is 10.6 Å². The number of carboxylic acid groups (broad SMARTS) is 1. The second-order valence-corrected chi connectivity index (χ2v) is 14.7. The molecular formula is C51H60N2O12. The van der Waals surface area contributed by atoms with Crippen LogP contribution in [0.4, 0.5) is 0 Å². The SMILES string of the molecule is COCCOCCOCCOC[C@@H](NC(=O)c1ccc(-c2cc(C(=O)O)cc(-c3ccc(C(=O)N[C@H](COCCOCCOCCOC)c4ccccc4)cc3)c2)cc1)c1ccccc1. The molecule has 2 atom stereocenters. The number of amides is 2. The van der Waals surface area contributed by atoms with Crippen LogP contribution in [0.1, 0.15) is 54.3 Å². The van der Waals surface area contributed by atoms with Crippen LogP contribution in [-0.4, -0.2) is 130 Å². The first-order valence-corrected chi connectivity index (χ1v) is 21.6. The highest BCUT2D eigenvalue weighted by Crippen LogP contribution is 2.30. The van der Waals surface area contributed by atoms with Crippen LogP contribution in [0, 0.1) is 0 Å². The monoisotopic (exact) mass is 892 g/mol. The molecule has 2 amide bonds. The lowest BCUT2D eigenvalue weighted by atomic mass is 9.95. The number of hydrogen-bond donors (Lipinski definition) is 3. The number of methoxy groups -OCH3 is 2. The van der Waals surface area contributed by atoms with Gasteiger partial charge in [0.05, 0.1) is 110 Å². The van der Waals surface area contributed by atoms with Gasteiger partial charge in [0.1, 0.15) is 0 Å². The van der Waals surface area contributed by atoms with E-state index in [0.717, 1.165) is 22.3 Å². The van der Waals surface area contributed by atoms with Crippen molar-refractivity contribution < 1.29 is 57.4 Å². The molecule has 5 rings (SSSR count). The molecule has 0 aliphatic heterocycles. The first-order chi connectivity index (χ1) is 31.9. The molecule has 0 unspecified atom stereocenters. The topological polar surface area (TPSA) is 169 Å². The van der Waals surface area contributed by atoms with E-state index >= 15 is 0 Å². The van der Waals surface area contributed by atoms with Crippen LogP contribution in [0.15, 0.2) is 127 Å². The Hall–Kier alpha value is -5.81. The number of benzene rings is 5. The zero-order valence-corrected chi connectivity index (χ0v) is 37.1. The third-order valence-electron chi connectivity index (χ3n) is 10.1. The number of carbonyl (C=O) groups excluding carboxylic acids is 2. The number of nitrogens with one attached hydrogen (secondary N) is 2. The van der Waals surface area contributed by atoms with Gasteiger partial charge in [-0.2, -0.15) is 0 Å². The quantitative estimate of drug-likeness (QED) is 0.0389. The second kappa shape index (κ2) is 28.9. The number of rotatable bonds is 31. The Labute approximate surface area is 381 Å². The normalized spacial score (nSPS) is 12.1. The standard InChI is InChI=1S/C51H60N2O12/c1-58-21-23-60-25-27-62-29-31-64-36-47(40-9-5-3-6-10-40)52-49(54)42-17-13-38(14-18-42)44-33-45(35-46(34-44)51(56)57)39-15-19-43(20-16-39)50(55)53-48(41-11-7-4-8-12-41)37-65-32-30-63-28-26-61-24-22-59-2/h3-20,33-35,47-48H,21-32,36-37H2,1-2H3,(H,52,54)(H,53,55)(H,56,57)/t47-,48-/m1/s1. The fourth-order valence-electron chi connectivity index (χ4n) is 6.58. The summed E-state index contributed by atoms with van der Waals surface area (Å²) >= 11 is 0. The van der Waals surface area contributed by atoms with Gasteiger partial charge in [-0.05, 0) is 75.8 Å². The molecule has 0 radical (unpaired) electrons. The zero-order valence-electron chi connectivity index (χ0n) is 37.1. The van der Waals surface area contributed by atoms with Crippen LogP contribution >= 0.6 is 0 Å². The van der Waals surface area contributed by atoms with Crippen molar-refractivity contribution in [3.05, 3.63) is 155 Å². The third kappa shape index (κ3) is 17.6. The highest BCUT2D eigenvalue weighted by Gasteiger charge is 2.19. The minimum absolute atomic E-state index is 0.0964. The maximum Gasteiger partial charge on any atom is 0.335 e. The van der Waals surface area contributed by atoms with E-state index in [4.69, 9.17) is 37.9 Å². The predicted octanol–water partition coefficient (Wildman–Crippen LogP) is 7.05. The van der Waals surface area contributed by atoms with Gasteiger partial charge in [-0.25, -0.2) is 4.79 Å². The maximum atomic E-state index is 13.5. The molecule has 14 nitrogen and oxygen atoms in total. The smallest absolute Gasteiger partial charge is 0.335 e. The molecule has 346 valence electrons. The second-order valence-electron chi connectivity index (χ2n) is 14.7. The molecule has 14 heteroatoms. The van der Waals surface area contributed by atoms with Crippen LogP contribution in [0.25, 0.3) is 22.3 Å². The minimum Gasteiger partial charge on any atom is -0.478 e. The van der Waals surface area contributed by atoms with Crippen LogP contribution in [0.2, 0.25) is 0 Å². The summed E-state index contributed by atoms with van der Waals surface area (Å²) in [6.07, 6.45) is 0. The summed E-state index contributed by atoms with van der Waals surface area (Å²) in [7, 11) is 3.25. The van der Waals surface area contributed by atoms with Gasteiger partial charge >= 0.3 is 5.97 Å². The third-order valence-corrected chi connectivity index (χ3v) is 10.1. The van der Waals surface area contributed by atoms with Crippen molar-refractivity contribution in [1.29, 1.82) is 0 Å². The fourth-order valence-corrected chi connectivity index (χ4v) is 6.58. The molecular weight excluding hydrogens is 833 g/mol. The number of carboxylic acids is 1. The molecule has 5 aromatic carbocycles. The van der Waals surface area contributed by atoms with Crippen LogP contribution < -0.4 is 10.6 Å². The van der Waals surface area contributed by atoms with E-state index in [1.54, 1.807) is 74.9 Å². The Balaban J connectivity index is 1.19. The minimum atomic E-state index is -1.08. The van der Waals surface area contributed by atoms with Gasteiger partial charge in [0.25, 0.3) is 11.8 Å². The summed E-state index contributed by atoms with van der Waals surface area (Å²) in [6, 6.07) is 37.4. The lowest BCUT2D eigenvalue weighted by Crippen LogP contribution is -2.32. The molecule has 0 fully saturated rings. The number of aromatic carboxylic acids is 1. The first-order valence-electron chi connectivity index (χ1n) is 21.6. The van der Waals surface area contributed by atoms with E-state index in [1.165, 1.54) is 0 Å². The Kier molecular flexibility index (Phi) is 22.3. The number of carbonyl (C=O) groups is 3. The zero-order chi connectivity index (χ0) is 45.9. The molecule has 0 spiro atoms. The maximum absolute atomic E-state index is 13.5. The van der Waals surface area contributed by atoms with Crippen molar-refractivity contribution >= 4 is 17.8 Å². The van der Waals surface area contributed by atoms with E-state index in [1.807, 2.05) is 66.7 Å². The average Bonchev–Trinajstić information content (AvgIpc) is 3.34. The Morgan fingerprint density at radius 3 is 1.09 bits per heavy atom. The van der Waals surface area contributed by atoms with Crippen molar-refractivity contribution in [3.8, 4) is 22.3 Å². The van der Waals surface area contributed by atoms with Gasteiger partial charge in [0.15, 0.2) is 0 Å². The molecule has 3 N–H and O–H groups in total. The molecule has 0 aliphatic rings. The molecule has 0 saturated carbocycles. The first kappa shape index (κ1) is 50.2. The molecule has 65 heavy (non-hydrogen) atoms. The van der Waals surface area contributed by atoms with Gasteiger partial charge in [-0.1, -0.05) is 84.9 Å². The van der Waals surface area contributed by atoms with Gasteiger partial charge in [0, 0.05) is 25.3 Å². The average molecular weight is 893 g/mol. The van der Waals surface area contributed by atoms with Gasteiger partial charge in [0.2, 0.25) is 0 Å². The fraction of sp³-hybridized carbons (Fsp3) is 0.353. The van der Waals surface area contributed by atoms with Crippen molar-refractivity contribution in [3.63, 3.8) is 0 Å².